The Morgan fingerprint density at radius 3 is 2.21 bits per heavy atom. The monoisotopic (exact) mass is 535 g/mol. The van der Waals surface area contributed by atoms with Crippen LogP contribution in [0.3, 0.4) is 0 Å². The maximum absolute atomic E-state index is 12.4. The number of carboxylic acids is 1. The van der Waals surface area contributed by atoms with Crippen LogP contribution in [0.4, 0.5) is 5.69 Å². The van der Waals surface area contributed by atoms with E-state index in [9.17, 15) is 18.0 Å². The molecule has 1 aliphatic heterocycles. The minimum Gasteiger partial charge on any atom is -0.496 e. The second kappa shape index (κ2) is 11.2. The third-order valence-corrected chi connectivity index (χ3v) is 8.11. The van der Waals surface area contributed by atoms with Gasteiger partial charge in [-0.15, -0.1) is 0 Å². The number of rotatable bonds is 7. The van der Waals surface area contributed by atoms with Gasteiger partial charge >= 0.3 is 5.97 Å². The fourth-order valence-corrected chi connectivity index (χ4v) is 5.70. The lowest BCUT2D eigenvalue weighted by atomic mass is 9.99. The first-order valence-electron chi connectivity index (χ1n) is 12.1. The van der Waals surface area contributed by atoms with Crippen LogP contribution in [0.15, 0.2) is 54.6 Å². The summed E-state index contributed by atoms with van der Waals surface area (Å²) < 4.78 is 33.6. The van der Waals surface area contributed by atoms with Gasteiger partial charge in [0.15, 0.2) is 5.78 Å². The Hall–Kier alpha value is -3.91. The fraction of sp³-hybridized carbons (Fsp3) is 0.286. The zero-order valence-electron chi connectivity index (χ0n) is 21.4. The maximum Gasteiger partial charge on any atom is 0.321 e. The number of methoxy groups -OCH3 is 1. The van der Waals surface area contributed by atoms with E-state index in [0.29, 0.717) is 24.4 Å². The summed E-state index contributed by atoms with van der Waals surface area (Å²) in [7, 11) is -2.32. The zero-order chi connectivity index (χ0) is 27.4. The highest BCUT2D eigenvalue weighted by atomic mass is 32.2. The number of nitrogens with one attached hydrogen (secondary N) is 1. The van der Waals surface area contributed by atoms with Crippen LogP contribution in [0.5, 0.6) is 5.75 Å². The van der Waals surface area contributed by atoms with Gasteiger partial charge in [-0.3, -0.25) is 9.59 Å². The Morgan fingerprint density at radius 1 is 0.974 bits per heavy atom. The lowest BCUT2D eigenvalue weighted by Gasteiger charge is -2.35. The summed E-state index contributed by atoms with van der Waals surface area (Å²) in [5, 5.41) is 10.7. The van der Waals surface area contributed by atoms with Crippen molar-refractivity contribution in [2.75, 3.05) is 38.2 Å². The first-order valence-corrected chi connectivity index (χ1v) is 13.5. The molecule has 1 saturated heterocycles. The number of ether oxygens (including phenoxy) is 1. The molecule has 0 bridgehead atoms. The first kappa shape index (κ1) is 27.1. The number of Topliss-reactive ketones (excluding diaryl/α,β-unsaturated/α-hetero) is 1. The minimum atomic E-state index is -3.86. The Bertz CT molecular complexity index is 1530. The van der Waals surface area contributed by atoms with Crippen LogP contribution in [0, 0.1) is 11.8 Å². The molecule has 9 nitrogen and oxygen atoms in total. The predicted octanol–water partition coefficient (Wildman–Crippen LogP) is 2.88. The summed E-state index contributed by atoms with van der Waals surface area (Å²) >= 11 is 0. The van der Waals surface area contributed by atoms with Crippen molar-refractivity contribution in [3.05, 3.63) is 71.3 Å². The van der Waals surface area contributed by atoms with Crippen molar-refractivity contribution in [3.63, 3.8) is 0 Å². The van der Waals surface area contributed by atoms with Gasteiger partial charge in [-0.25, -0.2) is 0 Å². The van der Waals surface area contributed by atoms with E-state index in [1.807, 2.05) is 48.5 Å². The van der Waals surface area contributed by atoms with Crippen molar-refractivity contribution in [1.82, 2.24) is 9.03 Å². The predicted molar refractivity (Wildman–Crippen MR) is 146 cm³/mol. The molecule has 0 spiro atoms. The Labute approximate surface area is 222 Å². The van der Waals surface area contributed by atoms with Gasteiger partial charge in [0.2, 0.25) is 0 Å². The molecule has 0 saturated carbocycles. The molecule has 4 rings (SSSR count). The van der Waals surface area contributed by atoms with E-state index in [1.54, 1.807) is 13.2 Å². The van der Waals surface area contributed by atoms with Crippen LogP contribution >= 0.6 is 0 Å². The Morgan fingerprint density at radius 2 is 1.61 bits per heavy atom. The van der Waals surface area contributed by atoms with Crippen LogP contribution in [-0.4, -0.2) is 68.9 Å². The summed E-state index contributed by atoms with van der Waals surface area (Å²) in [4.78, 5) is 25.2. The Balaban J connectivity index is 1.42. The number of fused-ring (bicyclic) bond motifs is 1. The van der Waals surface area contributed by atoms with Gasteiger partial charge in [0, 0.05) is 43.0 Å². The number of ketones is 1. The van der Waals surface area contributed by atoms with Crippen LogP contribution in [0.25, 0.3) is 10.8 Å². The van der Waals surface area contributed by atoms with E-state index >= 15 is 0 Å². The van der Waals surface area contributed by atoms with Crippen molar-refractivity contribution in [2.45, 2.75) is 19.9 Å². The fourth-order valence-electron chi connectivity index (χ4n) is 4.36. The third-order valence-electron chi connectivity index (χ3n) is 6.41. The van der Waals surface area contributed by atoms with E-state index in [4.69, 9.17) is 9.84 Å². The molecular formula is C28H29N3O6S. The molecule has 0 aromatic heterocycles. The number of carbonyl (C=O) groups is 2. The van der Waals surface area contributed by atoms with Gasteiger partial charge in [-0.2, -0.15) is 17.4 Å². The van der Waals surface area contributed by atoms with Gasteiger partial charge in [0.25, 0.3) is 10.2 Å². The maximum atomic E-state index is 12.4. The summed E-state index contributed by atoms with van der Waals surface area (Å²) in [6.07, 6.45) is 0. The summed E-state index contributed by atoms with van der Waals surface area (Å²) in [5.74, 6) is 5.61. The number of aliphatic carboxylic acids is 1. The third kappa shape index (κ3) is 5.97. The largest absolute Gasteiger partial charge is 0.496 e. The summed E-state index contributed by atoms with van der Waals surface area (Å²) in [6.45, 7) is 4.29. The molecule has 3 aromatic rings. The number of carboxylic acid groups (broad SMARTS) is 1. The van der Waals surface area contributed by atoms with Crippen LogP contribution in [-0.2, 0) is 15.0 Å². The van der Waals surface area contributed by atoms with Crippen LogP contribution in [0.1, 0.15) is 35.3 Å². The summed E-state index contributed by atoms with van der Waals surface area (Å²) in [5.41, 5.74) is 3.17. The molecule has 1 atom stereocenters. The van der Waals surface area contributed by atoms with E-state index in [0.717, 1.165) is 27.6 Å². The number of hydrogen-bond acceptors (Lipinski definition) is 6. The van der Waals surface area contributed by atoms with Crippen LogP contribution < -0.4 is 14.4 Å². The standard InChI is InChI=1S/C28H29N3O6S/c1-19(28(33)34)29-38(35,36)31-16-14-30(15-17-31)24-10-6-21(7-11-24)4-5-22-8-12-25-23(18-22)9-13-26(37-3)27(25)20(2)32/h6-13,18-19,29H,14-17H2,1-3H3,(H,33,34)/t19-/m1/s1. The number of piperazine rings is 1. The van der Waals surface area contributed by atoms with Crippen molar-refractivity contribution < 1.29 is 27.9 Å². The number of nitrogens with zero attached hydrogens (tertiary/aromatic N) is 2. The molecule has 10 heteroatoms. The molecule has 0 radical (unpaired) electrons. The van der Waals surface area contributed by atoms with Gasteiger partial charge in [-0.1, -0.05) is 24.0 Å². The van der Waals surface area contributed by atoms with Gasteiger partial charge < -0.3 is 14.7 Å². The molecule has 0 unspecified atom stereocenters. The van der Waals surface area contributed by atoms with Gasteiger partial charge in [0.1, 0.15) is 11.8 Å². The van der Waals surface area contributed by atoms with Crippen molar-refractivity contribution >= 4 is 38.4 Å². The highest BCUT2D eigenvalue weighted by Gasteiger charge is 2.29. The Kier molecular flexibility index (Phi) is 8.02. The molecule has 3 aromatic carbocycles. The van der Waals surface area contributed by atoms with Crippen LogP contribution in [0.2, 0.25) is 0 Å². The lowest BCUT2D eigenvalue weighted by molar-refractivity contribution is -0.138. The average molecular weight is 536 g/mol. The highest BCUT2D eigenvalue weighted by Crippen LogP contribution is 2.29. The molecule has 2 N–H and O–H groups in total. The minimum absolute atomic E-state index is 0.0566. The smallest absolute Gasteiger partial charge is 0.321 e. The average Bonchev–Trinajstić information content (AvgIpc) is 2.91. The van der Waals surface area contributed by atoms with Crippen molar-refractivity contribution in [3.8, 4) is 17.6 Å². The van der Waals surface area contributed by atoms with E-state index < -0.39 is 22.2 Å². The molecule has 0 amide bonds. The van der Waals surface area contributed by atoms with Crippen molar-refractivity contribution in [2.24, 2.45) is 0 Å². The molecule has 1 fully saturated rings. The zero-order valence-corrected chi connectivity index (χ0v) is 22.2. The molecule has 1 heterocycles. The second-order valence-corrected chi connectivity index (χ2v) is 10.7. The topological polar surface area (TPSA) is 116 Å². The SMILES string of the molecule is COc1ccc2cc(C#Cc3ccc(N4CCN(S(=O)(=O)N[C@H](C)C(=O)O)CC4)cc3)ccc2c1C(C)=O. The lowest BCUT2D eigenvalue weighted by Crippen LogP contribution is -2.54. The first-order chi connectivity index (χ1) is 18.1. The van der Waals surface area contributed by atoms with Gasteiger partial charge in [-0.05, 0) is 67.1 Å². The van der Waals surface area contributed by atoms with E-state index in [2.05, 4.69) is 21.5 Å². The molecule has 1 aliphatic rings. The number of benzene rings is 3. The molecule has 38 heavy (non-hydrogen) atoms. The molecule has 0 aliphatic carbocycles. The number of anilines is 1. The molecular weight excluding hydrogens is 506 g/mol. The quantitative estimate of drug-likeness (QED) is 0.353. The van der Waals surface area contributed by atoms with Crippen molar-refractivity contribution in [1.29, 1.82) is 0 Å². The normalized spacial score (nSPS) is 15.0. The van der Waals surface area contributed by atoms with Gasteiger partial charge in [0.05, 0.1) is 12.7 Å². The van der Waals surface area contributed by atoms with E-state index in [1.165, 1.54) is 18.2 Å². The number of hydrogen-bond donors (Lipinski definition) is 2. The molecule has 198 valence electrons. The van der Waals surface area contributed by atoms with E-state index in [-0.39, 0.29) is 18.9 Å². The number of carbonyl (C=O) groups excluding carboxylic acids is 1. The second-order valence-electron chi connectivity index (χ2n) is 9.00. The highest BCUT2D eigenvalue weighted by molar-refractivity contribution is 7.87. The summed E-state index contributed by atoms with van der Waals surface area (Å²) in [6, 6.07) is 16.0.